The predicted molar refractivity (Wildman–Crippen MR) is 83.0 cm³/mol. The lowest BCUT2D eigenvalue weighted by Gasteiger charge is -2.29. The van der Waals surface area contributed by atoms with E-state index in [0.717, 1.165) is 39.1 Å². The molecule has 1 aromatic carbocycles. The lowest BCUT2D eigenvalue weighted by atomic mass is 9.89. The largest absolute Gasteiger partial charge is 0.316 e. The van der Waals surface area contributed by atoms with E-state index in [4.69, 9.17) is 0 Å². The minimum absolute atomic E-state index is 0. The topological polar surface area (TPSA) is 15.3 Å². The van der Waals surface area contributed by atoms with Crippen LogP contribution in [0.1, 0.15) is 31.2 Å². The molecule has 0 spiro atoms. The Morgan fingerprint density at radius 1 is 1.33 bits per heavy atom. The number of rotatable bonds is 3. The summed E-state index contributed by atoms with van der Waals surface area (Å²) >= 11 is 0. The number of likely N-dealkylation sites (tertiary alicyclic amines) is 1. The fourth-order valence-corrected chi connectivity index (χ4v) is 3.66. The monoisotopic (exact) mass is 316 g/mol. The molecular weight excluding hydrogens is 294 g/mol. The first-order valence-electron chi connectivity index (χ1n) is 7.44. The van der Waals surface area contributed by atoms with Gasteiger partial charge in [-0.2, -0.15) is 0 Å². The fourth-order valence-electron chi connectivity index (χ4n) is 3.66. The van der Waals surface area contributed by atoms with Crippen LogP contribution in [0.15, 0.2) is 18.2 Å². The van der Waals surface area contributed by atoms with Gasteiger partial charge in [0.1, 0.15) is 11.6 Å². The van der Waals surface area contributed by atoms with Crippen molar-refractivity contribution < 1.29 is 8.78 Å². The van der Waals surface area contributed by atoms with Gasteiger partial charge in [-0.1, -0.05) is 13.0 Å². The Kier molecular flexibility index (Phi) is 5.23. The van der Waals surface area contributed by atoms with Crippen LogP contribution in [-0.4, -0.2) is 37.6 Å². The zero-order valence-electron chi connectivity index (χ0n) is 12.4. The summed E-state index contributed by atoms with van der Waals surface area (Å²) in [6.45, 7) is 7.15. The maximum atomic E-state index is 13.8. The number of halogens is 3. The second-order valence-electron chi connectivity index (χ2n) is 6.59. The molecule has 2 saturated heterocycles. The summed E-state index contributed by atoms with van der Waals surface area (Å²) in [6, 6.07) is 4.17. The van der Waals surface area contributed by atoms with E-state index >= 15 is 0 Å². The van der Waals surface area contributed by atoms with Gasteiger partial charge in [0.05, 0.1) is 0 Å². The zero-order valence-corrected chi connectivity index (χ0v) is 13.2. The highest BCUT2D eigenvalue weighted by Crippen LogP contribution is 2.34. The standard InChI is InChI=1S/C16H22F2N2.ClH/c1-16(6-7-19-10-16)11-20-8-5-12(9-20)15-13(17)3-2-4-14(15)18;/h2-4,12,19H,5-11H2,1H3;1H. The van der Waals surface area contributed by atoms with Crippen molar-refractivity contribution in [1.82, 2.24) is 10.2 Å². The van der Waals surface area contributed by atoms with E-state index in [-0.39, 0.29) is 23.9 Å². The van der Waals surface area contributed by atoms with Crippen LogP contribution in [0, 0.1) is 17.0 Å². The highest BCUT2D eigenvalue weighted by Gasteiger charge is 2.35. The van der Waals surface area contributed by atoms with Crippen molar-refractivity contribution in [3.63, 3.8) is 0 Å². The molecule has 2 fully saturated rings. The molecule has 0 aromatic heterocycles. The normalized spacial score (nSPS) is 29.6. The van der Waals surface area contributed by atoms with E-state index in [9.17, 15) is 8.78 Å². The molecule has 5 heteroatoms. The predicted octanol–water partition coefficient (Wildman–Crippen LogP) is 3.18. The van der Waals surface area contributed by atoms with Gasteiger partial charge in [0, 0.05) is 31.1 Å². The molecule has 2 heterocycles. The maximum Gasteiger partial charge on any atom is 0.129 e. The maximum absolute atomic E-state index is 13.8. The molecule has 0 saturated carbocycles. The SMILES string of the molecule is CC1(CN2CCC(c3c(F)cccc3F)C2)CCNC1.Cl. The number of hydrogen-bond acceptors (Lipinski definition) is 2. The molecule has 2 nitrogen and oxygen atoms in total. The molecule has 2 aliphatic heterocycles. The van der Waals surface area contributed by atoms with E-state index < -0.39 is 11.6 Å². The highest BCUT2D eigenvalue weighted by atomic mass is 35.5. The Bertz CT molecular complexity index is 469. The molecule has 3 rings (SSSR count). The summed E-state index contributed by atoms with van der Waals surface area (Å²) in [7, 11) is 0. The molecule has 0 amide bonds. The zero-order chi connectivity index (χ0) is 14.2. The van der Waals surface area contributed by atoms with Crippen LogP contribution >= 0.6 is 12.4 Å². The van der Waals surface area contributed by atoms with Gasteiger partial charge in [-0.05, 0) is 43.5 Å². The van der Waals surface area contributed by atoms with Gasteiger partial charge in [-0.15, -0.1) is 12.4 Å². The number of nitrogens with one attached hydrogen (secondary N) is 1. The summed E-state index contributed by atoms with van der Waals surface area (Å²) in [5.74, 6) is -0.801. The lowest BCUT2D eigenvalue weighted by Crippen LogP contribution is -2.36. The van der Waals surface area contributed by atoms with Crippen molar-refractivity contribution in [2.45, 2.75) is 25.7 Å². The Labute approximate surface area is 131 Å². The average Bonchev–Trinajstić information content (AvgIpc) is 2.99. The smallest absolute Gasteiger partial charge is 0.129 e. The molecule has 0 aliphatic carbocycles. The van der Waals surface area contributed by atoms with E-state index in [2.05, 4.69) is 17.1 Å². The second-order valence-corrected chi connectivity index (χ2v) is 6.59. The van der Waals surface area contributed by atoms with Crippen molar-refractivity contribution in [2.24, 2.45) is 5.41 Å². The summed E-state index contributed by atoms with van der Waals surface area (Å²) in [6.07, 6.45) is 2.03. The van der Waals surface area contributed by atoms with Crippen molar-refractivity contribution in [2.75, 3.05) is 32.7 Å². The molecular formula is C16H23ClF2N2. The van der Waals surface area contributed by atoms with Crippen LogP contribution in [0.25, 0.3) is 0 Å². The van der Waals surface area contributed by atoms with Gasteiger partial charge < -0.3 is 10.2 Å². The summed E-state index contributed by atoms with van der Waals surface area (Å²) in [4.78, 5) is 2.36. The quantitative estimate of drug-likeness (QED) is 0.921. The third kappa shape index (κ3) is 3.55. The van der Waals surface area contributed by atoms with Crippen molar-refractivity contribution >= 4 is 12.4 Å². The first-order valence-corrected chi connectivity index (χ1v) is 7.44. The van der Waals surface area contributed by atoms with Crippen molar-refractivity contribution in [3.05, 3.63) is 35.4 Å². The highest BCUT2D eigenvalue weighted by molar-refractivity contribution is 5.85. The Morgan fingerprint density at radius 2 is 2.05 bits per heavy atom. The van der Waals surface area contributed by atoms with Gasteiger partial charge >= 0.3 is 0 Å². The molecule has 1 aromatic rings. The third-order valence-corrected chi connectivity index (χ3v) is 4.74. The van der Waals surface area contributed by atoms with Crippen LogP contribution in [0.3, 0.4) is 0 Å². The molecule has 1 N–H and O–H groups in total. The summed E-state index contributed by atoms with van der Waals surface area (Å²) in [5.41, 5.74) is 0.590. The van der Waals surface area contributed by atoms with Gasteiger partial charge in [0.2, 0.25) is 0 Å². The Hall–Kier alpha value is -0.710. The van der Waals surface area contributed by atoms with E-state index in [1.165, 1.54) is 24.6 Å². The third-order valence-electron chi connectivity index (χ3n) is 4.74. The lowest BCUT2D eigenvalue weighted by molar-refractivity contribution is 0.207. The molecule has 118 valence electrons. The van der Waals surface area contributed by atoms with E-state index in [1.54, 1.807) is 0 Å². The van der Waals surface area contributed by atoms with Gasteiger partial charge in [0.15, 0.2) is 0 Å². The Balaban J connectivity index is 0.00000161. The van der Waals surface area contributed by atoms with Crippen molar-refractivity contribution in [3.8, 4) is 0 Å². The first kappa shape index (κ1) is 16.7. The molecule has 0 bridgehead atoms. The van der Waals surface area contributed by atoms with E-state index in [0.29, 0.717) is 5.41 Å². The second kappa shape index (κ2) is 6.59. The summed E-state index contributed by atoms with van der Waals surface area (Å²) in [5, 5.41) is 3.40. The van der Waals surface area contributed by atoms with Crippen LogP contribution in [0.5, 0.6) is 0 Å². The fraction of sp³-hybridized carbons (Fsp3) is 0.625. The number of benzene rings is 1. The molecule has 2 aliphatic rings. The first-order chi connectivity index (χ1) is 9.57. The molecule has 2 atom stereocenters. The van der Waals surface area contributed by atoms with Gasteiger partial charge in [-0.25, -0.2) is 8.78 Å². The van der Waals surface area contributed by atoms with Crippen molar-refractivity contribution in [1.29, 1.82) is 0 Å². The number of hydrogen-bond donors (Lipinski definition) is 1. The average molecular weight is 317 g/mol. The van der Waals surface area contributed by atoms with Gasteiger partial charge in [0.25, 0.3) is 0 Å². The van der Waals surface area contributed by atoms with Crippen LogP contribution in [0.2, 0.25) is 0 Å². The van der Waals surface area contributed by atoms with E-state index in [1.807, 2.05) is 0 Å². The minimum Gasteiger partial charge on any atom is -0.316 e. The van der Waals surface area contributed by atoms with Crippen LogP contribution in [-0.2, 0) is 0 Å². The summed E-state index contributed by atoms with van der Waals surface area (Å²) < 4.78 is 27.7. The van der Waals surface area contributed by atoms with Crippen LogP contribution in [0.4, 0.5) is 8.78 Å². The van der Waals surface area contributed by atoms with Gasteiger partial charge in [-0.3, -0.25) is 0 Å². The molecule has 21 heavy (non-hydrogen) atoms. The minimum atomic E-state index is -0.398. The molecule has 0 radical (unpaired) electrons. The molecule has 2 unspecified atom stereocenters. The number of nitrogens with zero attached hydrogens (tertiary/aromatic N) is 1. The van der Waals surface area contributed by atoms with Crippen LogP contribution < -0.4 is 5.32 Å². The Morgan fingerprint density at radius 3 is 2.67 bits per heavy atom.